The molecule has 3 rings (SSSR count). The summed E-state index contributed by atoms with van der Waals surface area (Å²) in [6.45, 7) is 4.88. The van der Waals surface area contributed by atoms with Gasteiger partial charge in [0.2, 0.25) is 5.95 Å². The Balaban J connectivity index is 1.52. The molecule has 0 atom stereocenters. The van der Waals surface area contributed by atoms with Crippen molar-refractivity contribution in [1.29, 1.82) is 0 Å². The second kappa shape index (κ2) is 9.17. The van der Waals surface area contributed by atoms with Crippen molar-refractivity contribution in [2.75, 3.05) is 17.2 Å². The van der Waals surface area contributed by atoms with Gasteiger partial charge < -0.3 is 15.4 Å². The van der Waals surface area contributed by atoms with Gasteiger partial charge in [-0.05, 0) is 70.2 Å². The van der Waals surface area contributed by atoms with Crippen molar-refractivity contribution in [1.82, 2.24) is 15.2 Å². The molecule has 0 saturated carbocycles. The van der Waals surface area contributed by atoms with Gasteiger partial charge in [-0.15, -0.1) is 5.10 Å². The maximum Gasteiger partial charge on any atom is 0.249 e. The molecule has 26 heavy (non-hydrogen) atoms. The van der Waals surface area contributed by atoms with E-state index in [1.807, 2.05) is 38.1 Å². The molecule has 0 bridgehead atoms. The summed E-state index contributed by atoms with van der Waals surface area (Å²) < 4.78 is 5.65. The summed E-state index contributed by atoms with van der Waals surface area (Å²) in [6.07, 6.45) is 10.3. The van der Waals surface area contributed by atoms with E-state index >= 15 is 0 Å². The number of nitrogens with one attached hydrogen (secondary N) is 2. The molecular formula is C20H27N5O. The van der Waals surface area contributed by atoms with Gasteiger partial charge in [0.1, 0.15) is 5.75 Å². The monoisotopic (exact) mass is 353 g/mol. The Bertz CT molecular complexity index is 727. The Labute approximate surface area is 155 Å². The Morgan fingerprint density at radius 2 is 2.00 bits per heavy atom. The van der Waals surface area contributed by atoms with Gasteiger partial charge in [0.25, 0.3) is 0 Å². The smallest absolute Gasteiger partial charge is 0.249 e. The Morgan fingerprint density at radius 3 is 2.73 bits per heavy atom. The van der Waals surface area contributed by atoms with Crippen molar-refractivity contribution in [3.05, 3.63) is 42.1 Å². The number of anilines is 3. The van der Waals surface area contributed by atoms with Crippen LogP contribution in [-0.2, 0) is 0 Å². The molecule has 0 unspecified atom stereocenters. The van der Waals surface area contributed by atoms with Crippen molar-refractivity contribution < 1.29 is 4.74 Å². The van der Waals surface area contributed by atoms with Crippen LogP contribution in [-0.4, -0.2) is 27.8 Å². The molecule has 0 saturated heterocycles. The molecule has 0 amide bonds. The van der Waals surface area contributed by atoms with Crippen LogP contribution in [0.3, 0.4) is 0 Å². The summed E-state index contributed by atoms with van der Waals surface area (Å²) in [6, 6.07) is 7.74. The minimum Gasteiger partial charge on any atom is -0.491 e. The molecule has 0 fully saturated rings. The number of allylic oxidation sites excluding steroid dienone is 1. The van der Waals surface area contributed by atoms with E-state index < -0.39 is 0 Å². The molecule has 138 valence electrons. The van der Waals surface area contributed by atoms with E-state index in [0.717, 1.165) is 30.2 Å². The number of ether oxygens (including phenoxy) is 1. The molecule has 2 N–H and O–H groups in total. The fourth-order valence-electron chi connectivity index (χ4n) is 2.94. The highest BCUT2D eigenvalue weighted by molar-refractivity contribution is 5.55. The molecule has 0 radical (unpaired) electrons. The van der Waals surface area contributed by atoms with Crippen LogP contribution in [0.4, 0.5) is 17.5 Å². The van der Waals surface area contributed by atoms with Gasteiger partial charge in [-0.2, -0.15) is 10.1 Å². The largest absolute Gasteiger partial charge is 0.491 e. The molecule has 1 heterocycles. The minimum atomic E-state index is 0.161. The van der Waals surface area contributed by atoms with Crippen LogP contribution in [0, 0.1) is 0 Å². The third kappa shape index (κ3) is 5.72. The lowest BCUT2D eigenvalue weighted by atomic mass is 9.97. The van der Waals surface area contributed by atoms with Crippen molar-refractivity contribution in [2.24, 2.45) is 0 Å². The first-order valence-electron chi connectivity index (χ1n) is 9.34. The zero-order chi connectivity index (χ0) is 18.2. The third-order valence-corrected chi connectivity index (χ3v) is 4.18. The normalized spacial score (nSPS) is 14.0. The van der Waals surface area contributed by atoms with Crippen LogP contribution in [0.1, 0.15) is 46.0 Å². The average molecular weight is 353 g/mol. The van der Waals surface area contributed by atoms with E-state index in [-0.39, 0.29) is 6.10 Å². The standard InChI is InChI=1S/C20H27N5O/c1-15(2)26-18-10-8-17(9-11-18)23-20-24-19(14-22-25-20)21-13-12-16-6-4-3-5-7-16/h6,8-11,14-15H,3-5,7,12-13H2,1-2H3,(H2,21,23,24,25). The lowest BCUT2D eigenvalue weighted by molar-refractivity contribution is 0.242. The van der Waals surface area contributed by atoms with Gasteiger partial charge in [-0.25, -0.2) is 0 Å². The number of nitrogens with zero attached hydrogens (tertiary/aromatic N) is 3. The van der Waals surface area contributed by atoms with E-state index in [0.29, 0.717) is 5.95 Å². The van der Waals surface area contributed by atoms with E-state index in [2.05, 4.69) is 31.9 Å². The topological polar surface area (TPSA) is 72.0 Å². The molecule has 2 aromatic rings. The highest BCUT2D eigenvalue weighted by atomic mass is 16.5. The minimum absolute atomic E-state index is 0.161. The van der Waals surface area contributed by atoms with Gasteiger partial charge in [-0.3, -0.25) is 0 Å². The highest BCUT2D eigenvalue weighted by Crippen LogP contribution is 2.21. The average Bonchev–Trinajstić information content (AvgIpc) is 2.64. The molecule has 0 aliphatic heterocycles. The number of benzene rings is 1. The number of hydrogen-bond donors (Lipinski definition) is 2. The highest BCUT2D eigenvalue weighted by Gasteiger charge is 2.05. The number of rotatable bonds is 8. The summed E-state index contributed by atoms with van der Waals surface area (Å²) in [7, 11) is 0. The lowest BCUT2D eigenvalue weighted by Gasteiger charge is -2.13. The van der Waals surface area contributed by atoms with Crippen LogP contribution >= 0.6 is 0 Å². The van der Waals surface area contributed by atoms with E-state index in [9.17, 15) is 0 Å². The van der Waals surface area contributed by atoms with Crippen LogP contribution in [0.25, 0.3) is 0 Å². The van der Waals surface area contributed by atoms with Crippen molar-refractivity contribution in [3.8, 4) is 5.75 Å². The zero-order valence-electron chi connectivity index (χ0n) is 15.5. The predicted octanol–water partition coefficient (Wildman–Crippen LogP) is 4.70. The Kier molecular flexibility index (Phi) is 6.41. The maximum absolute atomic E-state index is 5.65. The SMILES string of the molecule is CC(C)Oc1ccc(Nc2nncc(NCCC3=CCCCC3)n2)cc1. The summed E-state index contributed by atoms with van der Waals surface area (Å²) in [5, 5.41) is 14.6. The quantitative estimate of drug-likeness (QED) is 0.670. The Morgan fingerprint density at radius 1 is 1.15 bits per heavy atom. The second-order valence-electron chi connectivity index (χ2n) is 6.77. The lowest BCUT2D eigenvalue weighted by Crippen LogP contribution is -2.08. The molecule has 1 aliphatic rings. The fourth-order valence-corrected chi connectivity index (χ4v) is 2.94. The van der Waals surface area contributed by atoms with Gasteiger partial charge in [-0.1, -0.05) is 11.6 Å². The molecule has 1 aromatic heterocycles. The summed E-state index contributed by atoms with van der Waals surface area (Å²) >= 11 is 0. The molecule has 1 aliphatic carbocycles. The molecular weight excluding hydrogens is 326 g/mol. The first-order chi connectivity index (χ1) is 12.7. The summed E-state index contributed by atoms with van der Waals surface area (Å²) in [5.74, 6) is 2.06. The first-order valence-corrected chi connectivity index (χ1v) is 9.34. The predicted molar refractivity (Wildman–Crippen MR) is 105 cm³/mol. The van der Waals surface area contributed by atoms with Crippen molar-refractivity contribution >= 4 is 17.5 Å². The molecule has 0 spiro atoms. The third-order valence-electron chi connectivity index (χ3n) is 4.18. The zero-order valence-corrected chi connectivity index (χ0v) is 15.5. The van der Waals surface area contributed by atoms with Crippen LogP contribution in [0.2, 0.25) is 0 Å². The van der Waals surface area contributed by atoms with E-state index in [4.69, 9.17) is 4.74 Å². The maximum atomic E-state index is 5.65. The molecule has 6 heteroatoms. The van der Waals surface area contributed by atoms with Crippen LogP contribution < -0.4 is 15.4 Å². The number of aromatic nitrogens is 3. The van der Waals surface area contributed by atoms with E-state index in [1.54, 1.807) is 11.8 Å². The summed E-state index contributed by atoms with van der Waals surface area (Å²) in [4.78, 5) is 4.47. The summed E-state index contributed by atoms with van der Waals surface area (Å²) in [5.41, 5.74) is 2.44. The number of hydrogen-bond acceptors (Lipinski definition) is 6. The van der Waals surface area contributed by atoms with Crippen molar-refractivity contribution in [2.45, 2.75) is 52.1 Å². The van der Waals surface area contributed by atoms with Gasteiger partial charge in [0, 0.05) is 12.2 Å². The molecule has 1 aromatic carbocycles. The fraction of sp³-hybridized carbons (Fsp3) is 0.450. The van der Waals surface area contributed by atoms with Gasteiger partial charge >= 0.3 is 0 Å². The van der Waals surface area contributed by atoms with Crippen LogP contribution in [0.5, 0.6) is 5.75 Å². The first kappa shape index (κ1) is 18.2. The van der Waals surface area contributed by atoms with Crippen molar-refractivity contribution in [3.63, 3.8) is 0 Å². The Hall–Kier alpha value is -2.63. The van der Waals surface area contributed by atoms with Gasteiger partial charge in [0.15, 0.2) is 5.82 Å². The van der Waals surface area contributed by atoms with E-state index in [1.165, 1.54) is 25.7 Å². The van der Waals surface area contributed by atoms with Crippen LogP contribution in [0.15, 0.2) is 42.1 Å². The second-order valence-corrected chi connectivity index (χ2v) is 6.77. The van der Waals surface area contributed by atoms with Gasteiger partial charge in [0.05, 0.1) is 12.3 Å². The molecule has 6 nitrogen and oxygen atoms in total.